The molecular weight excluding hydrogens is 354 g/mol. The SMILES string of the molecule is CN(C)c1ccc(C(=O)N2CCSC(c3cc(F)ccc3F)CC2)cc1. The highest BCUT2D eigenvalue weighted by Crippen LogP contribution is 2.36. The van der Waals surface area contributed by atoms with Gasteiger partial charge in [-0.15, -0.1) is 0 Å². The lowest BCUT2D eigenvalue weighted by Crippen LogP contribution is -2.33. The first kappa shape index (κ1) is 18.7. The average molecular weight is 376 g/mol. The van der Waals surface area contributed by atoms with Gasteiger partial charge in [-0.2, -0.15) is 11.8 Å². The number of hydrogen-bond donors (Lipinski definition) is 0. The van der Waals surface area contributed by atoms with Gasteiger partial charge in [0, 0.05) is 55.0 Å². The summed E-state index contributed by atoms with van der Waals surface area (Å²) in [5.41, 5.74) is 2.07. The molecule has 0 N–H and O–H groups in total. The zero-order valence-electron chi connectivity index (χ0n) is 14.9. The predicted molar refractivity (Wildman–Crippen MR) is 103 cm³/mol. The van der Waals surface area contributed by atoms with Crippen LogP contribution in [-0.4, -0.2) is 43.7 Å². The second kappa shape index (κ2) is 8.08. The van der Waals surface area contributed by atoms with Crippen LogP contribution in [0.1, 0.15) is 27.6 Å². The Morgan fingerprint density at radius 1 is 1.12 bits per heavy atom. The van der Waals surface area contributed by atoms with Crippen molar-refractivity contribution >= 4 is 23.4 Å². The molecule has 0 aliphatic carbocycles. The zero-order valence-corrected chi connectivity index (χ0v) is 15.7. The summed E-state index contributed by atoms with van der Waals surface area (Å²) in [4.78, 5) is 16.5. The zero-order chi connectivity index (χ0) is 18.7. The van der Waals surface area contributed by atoms with Gasteiger partial charge in [-0.1, -0.05) is 0 Å². The number of benzene rings is 2. The van der Waals surface area contributed by atoms with E-state index in [1.807, 2.05) is 43.3 Å². The number of carbonyl (C=O) groups is 1. The lowest BCUT2D eigenvalue weighted by atomic mass is 10.1. The molecule has 1 aliphatic rings. The molecule has 2 aromatic rings. The van der Waals surface area contributed by atoms with E-state index in [-0.39, 0.29) is 17.0 Å². The van der Waals surface area contributed by atoms with Crippen LogP contribution < -0.4 is 4.90 Å². The molecule has 1 unspecified atom stereocenters. The summed E-state index contributed by atoms with van der Waals surface area (Å²) < 4.78 is 27.5. The predicted octanol–water partition coefficient (Wildman–Crippen LogP) is 4.35. The third kappa shape index (κ3) is 4.18. The minimum absolute atomic E-state index is 0.0173. The molecular formula is C20H22F2N2OS. The van der Waals surface area contributed by atoms with Crippen LogP contribution in [0.4, 0.5) is 14.5 Å². The Balaban J connectivity index is 1.70. The maximum atomic E-state index is 14.0. The lowest BCUT2D eigenvalue weighted by Gasteiger charge is -2.21. The fourth-order valence-electron chi connectivity index (χ4n) is 3.07. The third-order valence-corrected chi connectivity index (χ3v) is 5.87. The van der Waals surface area contributed by atoms with E-state index in [2.05, 4.69) is 0 Å². The summed E-state index contributed by atoms with van der Waals surface area (Å²) in [5.74, 6) is -0.137. The fourth-order valence-corrected chi connectivity index (χ4v) is 4.31. The van der Waals surface area contributed by atoms with Crippen molar-refractivity contribution in [3.63, 3.8) is 0 Å². The van der Waals surface area contributed by atoms with E-state index < -0.39 is 5.82 Å². The van der Waals surface area contributed by atoms with Crippen molar-refractivity contribution in [3.05, 3.63) is 65.2 Å². The molecule has 0 spiro atoms. The largest absolute Gasteiger partial charge is 0.378 e. The summed E-state index contributed by atoms with van der Waals surface area (Å²) in [6.07, 6.45) is 0.604. The topological polar surface area (TPSA) is 23.6 Å². The summed E-state index contributed by atoms with van der Waals surface area (Å²) in [5, 5.41) is -0.139. The van der Waals surface area contributed by atoms with Crippen LogP contribution in [0.15, 0.2) is 42.5 Å². The molecule has 1 saturated heterocycles. The highest BCUT2D eigenvalue weighted by Gasteiger charge is 2.25. The van der Waals surface area contributed by atoms with Crippen LogP contribution in [0.5, 0.6) is 0 Å². The van der Waals surface area contributed by atoms with E-state index in [1.54, 1.807) is 16.7 Å². The Morgan fingerprint density at radius 3 is 2.54 bits per heavy atom. The molecule has 1 heterocycles. The Labute approximate surface area is 157 Å². The minimum atomic E-state index is -0.430. The van der Waals surface area contributed by atoms with Gasteiger partial charge in [0.15, 0.2) is 0 Å². The Morgan fingerprint density at radius 2 is 1.85 bits per heavy atom. The van der Waals surface area contributed by atoms with Crippen LogP contribution in [0.2, 0.25) is 0 Å². The average Bonchev–Trinajstić information content (AvgIpc) is 2.89. The number of carbonyl (C=O) groups excluding carboxylic acids is 1. The molecule has 1 aliphatic heterocycles. The van der Waals surface area contributed by atoms with Gasteiger partial charge in [0.05, 0.1) is 0 Å². The first-order valence-electron chi connectivity index (χ1n) is 8.59. The van der Waals surface area contributed by atoms with E-state index in [4.69, 9.17) is 0 Å². The summed E-state index contributed by atoms with van der Waals surface area (Å²) in [6.45, 7) is 1.13. The summed E-state index contributed by atoms with van der Waals surface area (Å²) in [7, 11) is 3.91. The molecule has 3 nitrogen and oxygen atoms in total. The number of halogens is 2. The maximum absolute atomic E-state index is 14.0. The molecule has 1 atom stereocenters. The lowest BCUT2D eigenvalue weighted by molar-refractivity contribution is 0.0766. The van der Waals surface area contributed by atoms with E-state index >= 15 is 0 Å². The van der Waals surface area contributed by atoms with Crippen molar-refractivity contribution < 1.29 is 13.6 Å². The number of amides is 1. The van der Waals surface area contributed by atoms with Crippen molar-refractivity contribution in [2.75, 3.05) is 37.8 Å². The quantitative estimate of drug-likeness (QED) is 0.796. The van der Waals surface area contributed by atoms with Gasteiger partial charge in [-0.05, 0) is 48.9 Å². The molecule has 1 amide bonds. The summed E-state index contributed by atoms with van der Waals surface area (Å²) >= 11 is 1.58. The first-order chi connectivity index (χ1) is 12.5. The molecule has 138 valence electrons. The molecule has 2 aromatic carbocycles. The van der Waals surface area contributed by atoms with Gasteiger partial charge in [0.25, 0.3) is 5.91 Å². The van der Waals surface area contributed by atoms with Gasteiger partial charge in [-0.25, -0.2) is 8.78 Å². The van der Waals surface area contributed by atoms with E-state index in [0.29, 0.717) is 36.4 Å². The van der Waals surface area contributed by atoms with Crippen molar-refractivity contribution in [1.29, 1.82) is 0 Å². The Kier molecular flexibility index (Phi) is 5.81. The number of nitrogens with zero attached hydrogens (tertiary/aromatic N) is 2. The smallest absolute Gasteiger partial charge is 0.253 e. The van der Waals surface area contributed by atoms with Crippen LogP contribution >= 0.6 is 11.8 Å². The molecule has 3 rings (SSSR count). The molecule has 0 saturated carbocycles. The second-order valence-electron chi connectivity index (χ2n) is 6.55. The molecule has 6 heteroatoms. The van der Waals surface area contributed by atoms with Crippen molar-refractivity contribution in [2.45, 2.75) is 11.7 Å². The van der Waals surface area contributed by atoms with Crippen molar-refractivity contribution in [2.24, 2.45) is 0 Å². The first-order valence-corrected chi connectivity index (χ1v) is 9.64. The number of hydrogen-bond acceptors (Lipinski definition) is 3. The van der Waals surface area contributed by atoms with E-state index in [0.717, 1.165) is 11.8 Å². The monoisotopic (exact) mass is 376 g/mol. The highest BCUT2D eigenvalue weighted by molar-refractivity contribution is 7.99. The Bertz CT molecular complexity index is 780. The van der Waals surface area contributed by atoms with E-state index in [9.17, 15) is 13.6 Å². The van der Waals surface area contributed by atoms with Gasteiger partial charge >= 0.3 is 0 Å². The molecule has 26 heavy (non-hydrogen) atoms. The van der Waals surface area contributed by atoms with Crippen molar-refractivity contribution in [3.8, 4) is 0 Å². The van der Waals surface area contributed by atoms with Crippen LogP contribution in [0, 0.1) is 11.6 Å². The van der Waals surface area contributed by atoms with Crippen LogP contribution in [-0.2, 0) is 0 Å². The standard InChI is InChI=1S/C20H22F2N2OS/c1-23(2)16-6-3-14(4-7-16)20(25)24-10-9-19(26-12-11-24)17-13-15(21)5-8-18(17)22/h3-8,13,19H,9-12H2,1-2H3. The van der Waals surface area contributed by atoms with Crippen LogP contribution in [0.3, 0.4) is 0 Å². The second-order valence-corrected chi connectivity index (χ2v) is 7.86. The normalized spacial score (nSPS) is 17.7. The molecule has 0 radical (unpaired) electrons. The summed E-state index contributed by atoms with van der Waals surface area (Å²) in [6, 6.07) is 11.1. The Hall–Kier alpha value is -2.08. The van der Waals surface area contributed by atoms with Crippen LogP contribution in [0.25, 0.3) is 0 Å². The minimum Gasteiger partial charge on any atom is -0.378 e. The highest BCUT2D eigenvalue weighted by atomic mass is 32.2. The number of thioether (sulfide) groups is 1. The van der Waals surface area contributed by atoms with Gasteiger partial charge < -0.3 is 9.80 Å². The molecule has 0 bridgehead atoms. The number of anilines is 1. The molecule has 1 fully saturated rings. The van der Waals surface area contributed by atoms with Gasteiger partial charge in [0.2, 0.25) is 0 Å². The third-order valence-electron chi connectivity index (χ3n) is 4.56. The van der Waals surface area contributed by atoms with Gasteiger partial charge in [0.1, 0.15) is 11.6 Å². The van der Waals surface area contributed by atoms with E-state index in [1.165, 1.54) is 12.1 Å². The van der Waals surface area contributed by atoms with Gasteiger partial charge in [-0.3, -0.25) is 4.79 Å². The van der Waals surface area contributed by atoms with Crippen molar-refractivity contribution in [1.82, 2.24) is 4.90 Å². The maximum Gasteiger partial charge on any atom is 0.253 e. The number of rotatable bonds is 3. The molecule has 0 aromatic heterocycles. The fraction of sp³-hybridized carbons (Fsp3) is 0.350.